The van der Waals surface area contributed by atoms with Gasteiger partial charge in [0.15, 0.2) is 0 Å². The number of benzodiazepines with no additional fused rings is 1. The van der Waals surface area contributed by atoms with Crippen LogP contribution in [0.4, 0.5) is 32.0 Å². The summed E-state index contributed by atoms with van der Waals surface area (Å²) >= 11 is 0. The van der Waals surface area contributed by atoms with Crippen molar-refractivity contribution in [2.75, 3.05) is 5.32 Å². The van der Waals surface area contributed by atoms with E-state index in [1.54, 1.807) is 30.3 Å². The SMILES string of the molecule is NC(=O)[C@@H](CC1CC1)[C@@H](CCC(F)(F)F)C(=O)N[C@H]1N=C(c2ccccc2)c2cccc(C(F)(F)F)c2NC1=O. The Labute approximate surface area is 225 Å². The number of carbonyl (C=O) groups is 3. The summed E-state index contributed by atoms with van der Waals surface area (Å²) in [7, 11) is 0. The number of anilines is 1. The van der Waals surface area contributed by atoms with Crippen LogP contribution in [0.1, 0.15) is 48.8 Å². The topological polar surface area (TPSA) is 114 Å². The van der Waals surface area contributed by atoms with E-state index in [4.69, 9.17) is 5.73 Å². The molecule has 0 bridgehead atoms. The van der Waals surface area contributed by atoms with E-state index in [1.165, 1.54) is 6.07 Å². The van der Waals surface area contributed by atoms with Crippen molar-refractivity contribution in [2.45, 2.75) is 50.6 Å². The van der Waals surface area contributed by atoms with E-state index in [0.29, 0.717) is 5.56 Å². The van der Waals surface area contributed by atoms with Crippen LogP contribution >= 0.6 is 0 Å². The molecule has 0 spiro atoms. The molecule has 40 heavy (non-hydrogen) atoms. The second-order valence-electron chi connectivity index (χ2n) is 9.92. The first kappa shape index (κ1) is 29.1. The Morgan fingerprint density at radius 1 is 1.00 bits per heavy atom. The van der Waals surface area contributed by atoms with E-state index >= 15 is 0 Å². The highest BCUT2D eigenvalue weighted by Gasteiger charge is 2.42. The average Bonchev–Trinajstić information content (AvgIpc) is 3.70. The fraction of sp³-hybridized carbons (Fsp3) is 0.407. The smallest absolute Gasteiger partial charge is 0.369 e. The molecule has 4 N–H and O–H groups in total. The molecule has 1 aliphatic heterocycles. The lowest BCUT2D eigenvalue weighted by atomic mass is 9.83. The van der Waals surface area contributed by atoms with E-state index in [0.717, 1.165) is 25.0 Å². The number of nitrogens with zero attached hydrogens (tertiary/aromatic N) is 1. The summed E-state index contributed by atoms with van der Waals surface area (Å²) in [5.74, 6) is -5.88. The number of primary amides is 1. The van der Waals surface area contributed by atoms with Gasteiger partial charge in [0.05, 0.1) is 17.0 Å². The highest BCUT2D eigenvalue weighted by molar-refractivity contribution is 6.20. The van der Waals surface area contributed by atoms with Crippen molar-refractivity contribution in [3.8, 4) is 0 Å². The van der Waals surface area contributed by atoms with E-state index in [1.807, 2.05) is 0 Å². The van der Waals surface area contributed by atoms with Crippen LogP contribution in [0.25, 0.3) is 0 Å². The van der Waals surface area contributed by atoms with Gasteiger partial charge in [-0.25, -0.2) is 4.99 Å². The molecule has 0 saturated heterocycles. The van der Waals surface area contributed by atoms with Crippen LogP contribution in [-0.4, -0.2) is 35.8 Å². The number of aliphatic imine (C=N–C) groups is 1. The molecule has 3 atom stereocenters. The predicted molar refractivity (Wildman–Crippen MR) is 133 cm³/mol. The molecule has 2 aromatic rings. The van der Waals surface area contributed by atoms with Gasteiger partial charge in [0, 0.05) is 29.4 Å². The number of hydrogen-bond donors (Lipinski definition) is 3. The lowest BCUT2D eigenvalue weighted by molar-refractivity contribution is -0.146. The van der Waals surface area contributed by atoms with Crippen LogP contribution in [0.15, 0.2) is 53.5 Å². The largest absolute Gasteiger partial charge is 0.418 e. The lowest BCUT2D eigenvalue weighted by Crippen LogP contribution is -2.48. The number of nitrogens with one attached hydrogen (secondary N) is 2. The number of para-hydroxylation sites is 1. The van der Waals surface area contributed by atoms with Gasteiger partial charge in [-0.2, -0.15) is 26.3 Å². The maximum Gasteiger partial charge on any atom is 0.418 e. The maximum atomic E-state index is 13.8. The maximum absolute atomic E-state index is 13.8. The van der Waals surface area contributed by atoms with Crippen LogP contribution in [-0.2, 0) is 20.6 Å². The van der Waals surface area contributed by atoms with Crippen molar-refractivity contribution in [1.82, 2.24) is 5.32 Å². The molecule has 7 nitrogen and oxygen atoms in total. The Bertz CT molecular complexity index is 1310. The summed E-state index contributed by atoms with van der Waals surface area (Å²) in [5.41, 5.74) is 3.97. The van der Waals surface area contributed by atoms with E-state index in [9.17, 15) is 40.7 Å². The molecule has 1 heterocycles. The molecular weight excluding hydrogens is 542 g/mol. The van der Waals surface area contributed by atoms with Crippen LogP contribution in [0, 0.1) is 17.8 Å². The normalized spacial score (nSPS) is 19.0. The van der Waals surface area contributed by atoms with Gasteiger partial charge in [-0.05, 0) is 24.8 Å². The molecular formula is C27H26F6N4O3. The molecule has 13 heteroatoms. The predicted octanol–water partition coefficient (Wildman–Crippen LogP) is 4.80. The summed E-state index contributed by atoms with van der Waals surface area (Å²) in [4.78, 5) is 43.0. The minimum Gasteiger partial charge on any atom is -0.369 e. The summed E-state index contributed by atoms with van der Waals surface area (Å²) in [6.45, 7) is 0. The summed E-state index contributed by atoms with van der Waals surface area (Å²) in [6.07, 6.45) is -11.8. The van der Waals surface area contributed by atoms with Gasteiger partial charge in [-0.3, -0.25) is 14.4 Å². The standard InChI is InChI=1S/C27H26F6N4O3/c28-26(29,30)12-11-16(18(22(34)38)13-14-9-10-14)24(39)37-23-25(40)36-21-17(7-4-8-19(21)27(31,32)33)20(35-23)15-5-2-1-3-6-15/h1-8,14,16,18,23H,9-13H2,(H2,34,38)(H,36,40)(H,37,39)/t16-,18+,23-/m1/s1. The molecule has 0 aromatic heterocycles. The zero-order chi connectivity index (χ0) is 29.2. The number of rotatable bonds is 9. The van der Waals surface area contributed by atoms with Crippen LogP contribution in [0.3, 0.4) is 0 Å². The first-order chi connectivity index (χ1) is 18.7. The molecule has 2 aromatic carbocycles. The third-order valence-electron chi connectivity index (χ3n) is 6.92. The van der Waals surface area contributed by atoms with Gasteiger partial charge < -0.3 is 16.4 Å². The fourth-order valence-corrected chi connectivity index (χ4v) is 4.76. The molecule has 4 rings (SSSR count). The molecule has 1 aliphatic carbocycles. The first-order valence-electron chi connectivity index (χ1n) is 12.6. The first-order valence-corrected chi connectivity index (χ1v) is 12.6. The third kappa shape index (κ3) is 6.99. The lowest BCUT2D eigenvalue weighted by Gasteiger charge is -2.26. The van der Waals surface area contributed by atoms with Gasteiger partial charge in [0.2, 0.25) is 18.0 Å². The number of hydrogen-bond acceptors (Lipinski definition) is 4. The minimum atomic E-state index is -4.84. The van der Waals surface area contributed by atoms with Crippen molar-refractivity contribution in [3.05, 3.63) is 65.2 Å². The molecule has 0 unspecified atom stereocenters. The monoisotopic (exact) mass is 568 g/mol. The Balaban J connectivity index is 1.72. The summed E-state index contributed by atoms with van der Waals surface area (Å²) in [5, 5.41) is 4.45. The van der Waals surface area contributed by atoms with Crippen LogP contribution in [0.5, 0.6) is 0 Å². The Hall–Kier alpha value is -3.90. The van der Waals surface area contributed by atoms with Gasteiger partial charge >= 0.3 is 12.4 Å². The highest BCUT2D eigenvalue weighted by Crippen LogP contribution is 2.40. The van der Waals surface area contributed by atoms with Crippen LogP contribution < -0.4 is 16.4 Å². The number of nitrogens with two attached hydrogens (primary N) is 1. The summed E-state index contributed by atoms with van der Waals surface area (Å²) in [6, 6.07) is 11.2. The van der Waals surface area contributed by atoms with Crippen molar-refractivity contribution in [3.63, 3.8) is 0 Å². The van der Waals surface area contributed by atoms with Crippen molar-refractivity contribution in [1.29, 1.82) is 0 Å². The second kappa shape index (κ2) is 11.3. The number of halogens is 6. The molecule has 1 saturated carbocycles. The van der Waals surface area contributed by atoms with Crippen molar-refractivity contribution >= 4 is 29.1 Å². The Kier molecular flexibility index (Phi) is 8.22. The summed E-state index contributed by atoms with van der Waals surface area (Å²) < 4.78 is 80.8. The Morgan fingerprint density at radius 2 is 1.68 bits per heavy atom. The molecule has 3 amide bonds. The van der Waals surface area contributed by atoms with E-state index < -0.39 is 72.2 Å². The van der Waals surface area contributed by atoms with Crippen molar-refractivity contribution < 1.29 is 40.7 Å². The second-order valence-corrected chi connectivity index (χ2v) is 9.92. The number of amides is 3. The van der Waals surface area contributed by atoms with Gasteiger partial charge in [0.25, 0.3) is 5.91 Å². The van der Waals surface area contributed by atoms with Gasteiger partial charge in [-0.1, -0.05) is 55.3 Å². The number of alkyl halides is 6. The van der Waals surface area contributed by atoms with Gasteiger partial charge in [-0.15, -0.1) is 0 Å². The number of carbonyl (C=O) groups excluding carboxylic acids is 3. The zero-order valence-corrected chi connectivity index (χ0v) is 21.0. The highest BCUT2D eigenvalue weighted by atomic mass is 19.4. The fourth-order valence-electron chi connectivity index (χ4n) is 4.76. The number of benzene rings is 2. The third-order valence-corrected chi connectivity index (χ3v) is 6.92. The quantitative estimate of drug-likeness (QED) is 0.378. The van der Waals surface area contributed by atoms with Crippen LogP contribution in [0.2, 0.25) is 0 Å². The van der Waals surface area contributed by atoms with Crippen molar-refractivity contribution in [2.24, 2.45) is 28.5 Å². The molecule has 1 fully saturated rings. The molecule has 214 valence electrons. The van der Waals surface area contributed by atoms with E-state index in [2.05, 4.69) is 15.6 Å². The zero-order valence-electron chi connectivity index (χ0n) is 21.0. The van der Waals surface area contributed by atoms with Gasteiger partial charge in [0.1, 0.15) is 0 Å². The minimum absolute atomic E-state index is 0.0397. The molecule has 2 aliphatic rings. The Morgan fingerprint density at radius 3 is 2.25 bits per heavy atom. The average molecular weight is 569 g/mol. The molecule has 0 radical (unpaired) electrons. The number of fused-ring (bicyclic) bond motifs is 1. The van der Waals surface area contributed by atoms with E-state index in [-0.39, 0.29) is 23.6 Å².